The van der Waals surface area contributed by atoms with Gasteiger partial charge in [0.25, 0.3) is 0 Å². The molecule has 0 unspecified atom stereocenters. The first-order chi connectivity index (χ1) is 7.34. The highest BCUT2D eigenvalue weighted by atomic mass is 19.3. The molecule has 2 nitrogen and oxygen atoms in total. The van der Waals surface area contributed by atoms with Crippen LogP contribution in [0.2, 0.25) is 0 Å². The van der Waals surface area contributed by atoms with Gasteiger partial charge < -0.3 is 5.11 Å². The monoisotopic (exact) mass is 228 g/mol. The van der Waals surface area contributed by atoms with Crippen molar-refractivity contribution in [2.75, 3.05) is 0 Å². The molecule has 0 aromatic heterocycles. The summed E-state index contributed by atoms with van der Waals surface area (Å²) in [6, 6.07) is 5.58. The van der Waals surface area contributed by atoms with Crippen molar-refractivity contribution in [3.8, 4) is 0 Å². The number of alkyl halides is 2. The lowest BCUT2D eigenvalue weighted by Crippen LogP contribution is -2.25. The summed E-state index contributed by atoms with van der Waals surface area (Å²) in [6.45, 7) is 3.95. The third kappa shape index (κ3) is 2.78. The number of carbonyl (C=O) groups is 1. The molecule has 0 fully saturated rings. The minimum atomic E-state index is -3.81. The van der Waals surface area contributed by atoms with Crippen LogP contribution in [0.15, 0.2) is 24.3 Å². The molecular weight excluding hydrogens is 214 g/mol. The van der Waals surface area contributed by atoms with E-state index in [0.29, 0.717) is 12.3 Å². The average Bonchev–Trinajstić information content (AvgIpc) is 2.16. The largest absolute Gasteiger partial charge is 0.477 e. The number of hydrogen-bond acceptors (Lipinski definition) is 1. The van der Waals surface area contributed by atoms with Crippen molar-refractivity contribution >= 4 is 5.97 Å². The fourth-order valence-corrected chi connectivity index (χ4v) is 1.49. The van der Waals surface area contributed by atoms with Crippen LogP contribution in [0.5, 0.6) is 0 Å². The fraction of sp³-hybridized carbons (Fsp3) is 0.417. The Morgan fingerprint density at radius 3 is 2.56 bits per heavy atom. The van der Waals surface area contributed by atoms with Gasteiger partial charge in [-0.05, 0) is 24.0 Å². The number of carboxylic acids is 1. The molecule has 0 aliphatic rings. The summed E-state index contributed by atoms with van der Waals surface area (Å²) >= 11 is 0. The van der Waals surface area contributed by atoms with E-state index in [1.54, 1.807) is 6.07 Å². The smallest absolute Gasteiger partial charge is 0.379 e. The van der Waals surface area contributed by atoms with E-state index >= 15 is 0 Å². The van der Waals surface area contributed by atoms with Crippen LogP contribution in [-0.2, 0) is 17.1 Å². The van der Waals surface area contributed by atoms with E-state index in [0.717, 1.165) is 11.6 Å². The molecule has 0 atom stereocenters. The first kappa shape index (κ1) is 12.6. The minimum absolute atomic E-state index is 0.341. The van der Waals surface area contributed by atoms with Gasteiger partial charge >= 0.3 is 11.9 Å². The molecule has 1 aromatic carbocycles. The second kappa shape index (κ2) is 4.60. The van der Waals surface area contributed by atoms with Crippen LogP contribution in [0.1, 0.15) is 25.0 Å². The normalized spacial score (nSPS) is 11.8. The molecule has 4 heteroatoms. The van der Waals surface area contributed by atoms with E-state index in [2.05, 4.69) is 0 Å². The first-order valence-corrected chi connectivity index (χ1v) is 5.04. The molecule has 0 heterocycles. The Hall–Kier alpha value is -1.45. The Kier molecular flexibility index (Phi) is 3.62. The molecule has 0 amide bonds. The van der Waals surface area contributed by atoms with Gasteiger partial charge in [-0.15, -0.1) is 0 Å². The molecule has 0 bridgehead atoms. The maximum Gasteiger partial charge on any atom is 0.379 e. The number of halogens is 2. The van der Waals surface area contributed by atoms with Crippen LogP contribution < -0.4 is 0 Å². The molecule has 88 valence electrons. The van der Waals surface area contributed by atoms with E-state index < -0.39 is 17.5 Å². The summed E-state index contributed by atoms with van der Waals surface area (Å²) in [6.07, 6.45) is 0.656. The van der Waals surface area contributed by atoms with Crippen molar-refractivity contribution in [1.29, 1.82) is 0 Å². The van der Waals surface area contributed by atoms with Gasteiger partial charge in [0.05, 0.1) is 0 Å². The summed E-state index contributed by atoms with van der Waals surface area (Å²) in [5.41, 5.74) is 0.270. The predicted octanol–water partition coefficient (Wildman–Crippen LogP) is 3.06. The zero-order chi connectivity index (χ0) is 12.3. The van der Waals surface area contributed by atoms with Gasteiger partial charge in [-0.1, -0.05) is 32.0 Å². The number of aliphatic carboxylic acids is 1. The minimum Gasteiger partial charge on any atom is -0.477 e. The summed E-state index contributed by atoms with van der Waals surface area (Å²) < 4.78 is 26.4. The van der Waals surface area contributed by atoms with Gasteiger partial charge in [-0.2, -0.15) is 8.78 Å². The maximum atomic E-state index is 13.2. The lowest BCUT2D eigenvalue weighted by Gasteiger charge is -2.13. The molecule has 0 aliphatic heterocycles. The van der Waals surface area contributed by atoms with E-state index in [4.69, 9.17) is 5.11 Å². The zero-order valence-corrected chi connectivity index (χ0v) is 9.21. The van der Waals surface area contributed by atoms with Gasteiger partial charge in [0.15, 0.2) is 0 Å². The average molecular weight is 228 g/mol. The Morgan fingerprint density at radius 1 is 1.44 bits per heavy atom. The quantitative estimate of drug-likeness (QED) is 0.859. The van der Waals surface area contributed by atoms with Gasteiger partial charge in [-0.3, -0.25) is 0 Å². The zero-order valence-electron chi connectivity index (χ0n) is 9.21. The van der Waals surface area contributed by atoms with E-state index in [1.807, 2.05) is 13.8 Å². The second-order valence-corrected chi connectivity index (χ2v) is 4.18. The summed E-state index contributed by atoms with van der Waals surface area (Å²) in [7, 11) is 0. The highest BCUT2D eigenvalue weighted by Gasteiger charge is 2.40. The van der Waals surface area contributed by atoms with Crippen molar-refractivity contribution in [2.24, 2.45) is 5.92 Å². The van der Waals surface area contributed by atoms with E-state index in [-0.39, 0.29) is 0 Å². The predicted molar refractivity (Wildman–Crippen MR) is 56.5 cm³/mol. The Morgan fingerprint density at radius 2 is 2.06 bits per heavy atom. The van der Waals surface area contributed by atoms with E-state index in [1.165, 1.54) is 12.1 Å². The first-order valence-electron chi connectivity index (χ1n) is 5.04. The molecule has 0 radical (unpaired) electrons. The molecule has 0 spiro atoms. The third-order valence-electron chi connectivity index (χ3n) is 2.20. The third-order valence-corrected chi connectivity index (χ3v) is 2.20. The van der Waals surface area contributed by atoms with Crippen LogP contribution in [-0.4, -0.2) is 11.1 Å². The lowest BCUT2D eigenvalue weighted by molar-refractivity contribution is -0.166. The van der Waals surface area contributed by atoms with Crippen molar-refractivity contribution < 1.29 is 18.7 Å². The topological polar surface area (TPSA) is 37.3 Å². The molecule has 0 saturated carbocycles. The van der Waals surface area contributed by atoms with Crippen LogP contribution in [0.4, 0.5) is 8.78 Å². The lowest BCUT2D eigenvalue weighted by atomic mass is 9.99. The Bertz CT molecular complexity index is 386. The number of carboxylic acid groups (broad SMARTS) is 1. The summed E-state index contributed by atoms with van der Waals surface area (Å²) in [5.74, 6) is -5.59. The highest BCUT2D eigenvalue weighted by Crippen LogP contribution is 2.29. The maximum absolute atomic E-state index is 13.2. The number of hydrogen-bond donors (Lipinski definition) is 1. The second-order valence-electron chi connectivity index (χ2n) is 4.18. The molecule has 1 aromatic rings. The summed E-state index contributed by atoms with van der Waals surface area (Å²) in [4.78, 5) is 10.4. The SMILES string of the molecule is CC(C)Cc1cccc(C(F)(F)C(=O)O)c1. The van der Waals surface area contributed by atoms with Gasteiger partial charge in [0.1, 0.15) is 0 Å². The molecule has 0 aliphatic carbocycles. The molecule has 0 saturated heterocycles. The molecular formula is C12H14F2O2. The van der Waals surface area contributed by atoms with Crippen LogP contribution in [0.3, 0.4) is 0 Å². The van der Waals surface area contributed by atoms with Crippen molar-refractivity contribution in [3.63, 3.8) is 0 Å². The fourth-order valence-electron chi connectivity index (χ4n) is 1.49. The molecule has 16 heavy (non-hydrogen) atoms. The van der Waals surface area contributed by atoms with Gasteiger partial charge in [0, 0.05) is 5.56 Å². The van der Waals surface area contributed by atoms with Crippen molar-refractivity contribution in [2.45, 2.75) is 26.2 Å². The van der Waals surface area contributed by atoms with Gasteiger partial charge in [0.2, 0.25) is 0 Å². The van der Waals surface area contributed by atoms with Crippen molar-refractivity contribution in [1.82, 2.24) is 0 Å². The Labute approximate surface area is 92.9 Å². The number of rotatable bonds is 4. The van der Waals surface area contributed by atoms with Gasteiger partial charge in [-0.25, -0.2) is 4.79 Å². The number of benzene rings is 1. The van der Waals surface area contributed by atoms with Crippen molar-refractivity contribution in [3.05, 3.63) is 35.4 Å². The molecule has 1 rings (SSSR count). The van der Waals surface area contributed by atoms with E-state index in [9.17, 15) is 13.6 Å². The van der Waals surface area contributed by atoms with Crippen LogP contribution >= 0.6 is 0 Å². The van der Waals surface area contributed by atoms with Crippen LogP contribution in [0.25, 0.3) is 0 Å². The van der Waals surface area contributed by atoms with Crippen LogP contribution in [0, 0.1) is 5.92 Å². The summed E-state index contributed by atoms with van der Waals surface area (Å²) in [5, 5.41) is 8.42. The Balaban J connectivity index is 3.03. The molecule has 1 N–H and O–H groups in total. The highest BCUT2D eigenvalue weighted by molar-refractivity contribution is 5.77. The standard InChI is InChI=1S/C12H14F2O2/c1-8(2)6-9-4-3-5-10(7-9)12(13,14)11(15)16/h3-5,7-8H,6H2,1-2H3,(H,15,16).